The number of hydrogen-bond acceptors (Lipinski definition) is 4. The molecule has 0 saturated carbocycles. The molecule has 5 heteroatoms. The molecule has 0 aliphatic heterocycles. The predicted octanol–water partition coefficient (Wildman–Crippen LogP) is 1.90. The van der Waals surface area contributed by atoms with Crippen molar-refractivity contribution < 1.29 is 23.5 Å². The van der Waals surface area contributed by atoms with E-state index in [9.17, 15) is 14.0 Å². The number of halogens is 1. The van der Waals surface area contributed by atoms with Gasteiger partial charge in [0.1, 0.15) is 17.3 Å². The number of benzene rings is 1. The summed E-state index contributed by atoms with van der Waals surface area (Å²) in [6, 6.07) is 3.99. The number of carbonyl (C=O) groups is 2. The van der Waals surface area contributed by atoms with Gasteiger partial charge in [0.15, 0.2) is 0 Å². The molecule has 0 N–H and O–H groups in total. The first-order chi connectivity index (χ1) is 8.56. The van der Waals surface area contributed by atoms with Gasteiger partial charge in [0.25, 0.3) is 0 Å². The molecule has 0 aliphatic rings. The Hall–Kier alpha value is -1.91. The number of hydrogen-bond donors (Lipinski definition) is 0. The van der Waals surface area contributed by atoms with Crippen LogP contribution in [-0.4, -0.2) is 26.0 Å². The Morgan fingerprint density at radius 2 is 1.94 bits per heavy atom. The average molecular weight is 254 g/mol. The molecule has 0 aliphatic carbocycles. The van der Waals surface area contributed by atoms with Crippen LogP contribution in [0.5, 0.6) is 5.75 Å². The topological polar surface area (TPSA) is 52.6 Å². The average Bonchev–Trinajstić information content (AvgIpc) is 2.36. The minimum Gasteiger partial charge on any atom is -0.496 e. The van der Waals surface area contributed by atoms with Crippen LogP contribution in [0, 0.1) is 5.82 Å². The number of ether oxygens (including phenoxy) is 2. The van der Waals surface area contributed by atoms with Crippen molar-refractivity contribution in [2.75, 3.05) is 14.2 Å². The lowest BCUT2D eigenvalue weighted by molar-refractivity contribution is -0.141. The van der Waals surface area contributed by atoms with E-state index in [0.717, 1.165) is 0 Å². The highest BCUT2D eigenvalue weighted by molar-refractivity contribution is 5.85. The van der Waals surface area contributed by atoms with E-state index in [1.165, 1.54) is 32.4 Å². The van der Waals surface area contributed by atoms with Crippen molar-refractivity contribution in [2.45, 2.75) is 19.3 Å². The van der Waals surface area contributed by atoms with Crippen LogP contribution in [0.15, 0.2) is 18.2 Å². The molecule has 18 heavy (non-hydrogen) atoms. The van der Waals surface area contributed by atoms with E-state index in [-0.39, 0.29) is 25.0 Å². The zero-order valence-corrected chi connectivity index (χ0v) is 10.4. The number of carbonyl (C=O) groups excluding carboxylic acids is 2. The smallest absolute Gasteiger partial charge is 0.305 e. The van der Waals surface area contributed by atoms with E-state index < -0.39 is 11.8 Å². The lowest BCUT2D eigenvalue weighted by atomic mass is 10.0. The second-order valence-electron chi connectivity index (χ2n) is 3.75. The molecule has 98 valence electrons. The van der Waals surface area contributed by atoms with E-state index in [2.05, 4.69) is 4.74 Å². The molecule has 0 amide bonds. The van der Waals surface area contributed by atoms with Crippen LogP contribution in [0.1, 0.15) is 18.4 Å². The molecule has 0 radical (unpaired) electrons. The normalized spacial score (nSPS) is 9.94. The first kappa shape index (κ1) is 14.2. The third-order valence-corrected chi connectivity index (χ3v) is 2.47. The highest BCUT2D eigenvalue weighted by Gasteiger charge is 2.12. The summed E-state index contributed by atoms with van der Waals surface area (Å²) in [6.45, 7) is 0. The monoisotopic (exact) mass is 254 g/mol. The Morgan fingerprint density at radius 3 is 2.56 bits per heavy atom. The van der Waals surface area contributed by atoms with Gasteiger partial charge in [-0.15, -0.1) is 0 Å². The summed E-state index contributed by atoms with van der Waals surface area (Å²) in [5, 5.41) is 0. The van der Waals surface area contributed by atoms with Crippen molar-refractivity contribution >= 4 is 11.8 Å². The van der Waals surface area contributed by atoms with Gasteiger partial charge >= 0.3 is 5.97 Å². The van der Waals surface area contributed by atoms with E-state index in [1.54, 1.807) is 0 Å². The van der Waals surface area contributed by atoms with E-state index >= 15 is 0 Å². The third-order valence-electron chi connectivity index (χ3n) is 2.47. The molecule has 1 rings (SSSR count). The molecule has 0 bridgehead atoms. The van der Waals surface area contributed by atoms with Crippen LogP contribution < -0.4 is 4.74 Å². The summed E-state index contributed by atoms with van der Waals surface area (Å²) in [4.78, 5) is 22.5. The molecular weight excluding hydrogens is 239 g/mol. The van der Waals surface area contributed by atoms with Gasteiger partial charge in [-0.1, -0.05) is 0 Å². The molecule has 0 spiro atoms. The van der Waals surface area contributed by atoms with Crippen molar-refractivity contribution in [2.24, 2.45) is 0 Å². The van der Waals surface area contributed by atoms with Crippen molar-refractivity contribution in [3.8, 4) is 5.75 Å². The van der Waals surface area contributed by atoms with Crippen LogP contribution in [-0.2, 0) is 20.7 Å². The highest BCUT2D eigenvalue weighted by atomic mass is 19.1. The maximum Gasteiger partial charge on any atom is 0.305 e. The van der Waals surface area contributed by atoms with Crippen molar-refractivity contribution in [3.63, 3.8) is 0 Å². The maximum atomic E-state index is 13.1. The summed E-state index contributed by atoms with van der Waals surface area (Å²) >= 11 is 0. The Morgan fingerprint density at radius 1 is 1.22 bits per heavy atom. The Labute approximate surface area is 105 Å². The first-order valence-corrected chi connectivity index (χ1v) is 5.47. The van der Waals surface area contributed by atoms with Crippen LogP contribution in [0.2, 0.25) is 0 Å². The second kappa shape index (κ2) is 6.74. The fourth-order valence-electron chi connectivity index (χ4n) is 1.53. The molecule has 4 nitrogen and oxygen atoms in total. The summed E-state index contributed by atoms with van der Waals surface area (Å²) in [6.07, 6.45) is 0.150. The zero-order valence-electron chi connectivity index (χ0n) is 10.4. The fraction of sp³-hybridized carbons (Fsp3) is 0.385. The molecule has 1 aromatic carbocycles. The molecular formula is C13H15FO4. The number of methoxy groups -OCH3 is 2. The quantitative estimate of drug-likeness (QED) is 0.727. The summed E-state index contributed by atoms with van der Waals surface area (Å²) < 4.78 is 22.5. The minimum atomic E-state index is -0.436. The molecule has 0 aromatic heterocycles. The number of esters is 1. The summed E-state index contributed by atoms with van der Waals surface area (Å²) in [5.41, 5.74) is 0.479. The van der Waals surface area contributed by atoms with Gasteiger partial charge in [0.2, 0.25) is 0 Å². The highest BCUT2D eigenvalue weighted by Crippen LogP contribution is 2.20. The largest absolute Gasteiger partial charge is 0.496 e. The van der Waals surface area contributed by atoms with E-state index in [0.29, 0.717) is 11.3 Å². The Kier molecular flexibility index (Phi) is 5.30. The van der Waals surface area contributed by atoms with Crippen molar-refractivity contribution in [3.05, 3.63) is 29.6 Å². The molecule has 0 saturated heterocycles. The van der Waals surface area contributed by atoms with Gasteiger partial charge in [-0.2, -0.15) is 0 Å². The Balaban J connectivity index is 2.63. The fourth-order valence-corrected chi connectivity index (χ4v) is 1.53. The molecule has 0 atom stereocenters. The van der Waals surface area contributed by atoms with Gasteiger partial charge in [-0.3, -0.25) is 9.59 Å². The van der Waals surface area contributed by atoms with Crippen LogP contribution in [0.3, 0.4) is 0 Å². The number of Topliss-reactive ketones (excluding diaryl/α,β-unsaturated/α-hetero) is 1. The molecule has 0 unspecified atom stereocenters. The first-order valence-electron chi connectivity index (χ1n) is 5.47. The SMILES string of the molecule is COC(=O)CCC(=O)Cc1cc(F)ccc1OC. The van der Waals surface area contributed by atoms with Crippen molar-refractivity contribution in [1.82, 2.24) is 0 Å². The lowest BCUT2D eigenvalue weighted by Crippen LogP contribution is -2.08. The molecule has 1 aromatic rings. The molecule has 0 fully saturated rings. The van der Waals surface area contributed by atoms with Gasteiger partial charge in [-0.05, 0) is 18.2 Å². The van der Waals surface area contributed by atoms with Crippen molar-refractivity contribution in [1.29, 1.82) is 0 Å². The van der Waals surface area contributed by atoms with Gasteiger partial charge in [0, 0.05) is 18.4 Å². The Bertz CT molecular complexity index is 443. The van der Waals surface area contributed by atoms with Crippen LogP contribution in [0.4, 0.5) is 4.39 Å². The second-order valence-corrected chi connectivity index (χ2v) is 3.75. The summed E-state index contributed by atoms with van der Waals surface area (Å²) in [7, 11) is 2.72. The minimum absolute atomic E-state index is 0.0347. The predicted molar refractivity (Wildman–Crippen MR) is 62.9 cm³/mol. The third kappa shape index (κ3) is 4.16. The summed E-state index contributed by atoms with van der Waals surface area (Å²) in [5.74, 6) is -0.562. The number of ketones is 1. The van der Waals surface area contributed by atoms with E-state index in [4.69, 9.17) is 4.74 Å². The number of rotatable bonds is 6. The van der Waals surface area contributed by atoms with Crippen LogP contribution in [0.25, 0.3) is 0 Å². The van der Waals surface area contributed by atoms with Crippen LogP contribution >= 0.6 is 0 Å². The maximum absolute atomic E-state index is 13.1. The van der Waals surface area contributed by atoms with Gasteiger partial charge in [-0.25, -0.2) is 4.39 Å². The van der Waals surface area contributed by atoms with Gasteiger partial charge in [0.05, 0.1) is 20.6 Å². The van der Waals surface area contributed by atoms with Gasteiger partial charge < -0.3 is 9.47 Å². The standard InChI is InChI=1S/C13H15FO4/c1-17-12-5-3-10(14)7-9(12)8-11(15)4-6-13(16)18-2/h3,5,7H,4,6,8H2,1-2H3. The lowest BCUT2D eigenvalue weighted by Gasteiger charge is -2.07. The zero-order chi connectivity index (χ0) is 13.5. The van der Waals surface area contributed by atoms with E-state index in [1.807, 2.05) is 0 Å². The molecule has 0 heterocycles.